The van der Waals surface area contributed by atoms with Crippen molar-refractivity contribution in [2.45, 2.75) is 45.6 Å². The molecule has 1 heterocycles. The van der Waals surface area contributed by atoms with E-state index in [1.54, 1.807) is 0 Å². The van der Waals surface area contributed by atoms with Gasteiger partial charge in [-0.15, -0.1) is 0 Å². The number of benzene rings is 1. The molecule has 1 aliphatic rings. The van der Waals surface area contributed by atoms with Crippen molar-refractivity contribution in [3.05, 3.63) is 22.8 Å². The molecule has 0 amide bonds. The van der Waals surface area contributed by atoms with Gasteiger partial charge in [-0.2, -0.15) is 0 Å². The predicted octanol–water partition coefficient (Wildman–Crippen LogP) is 1.39. The van der Waals surface area contributed by atoms with Gasteiger partial charge in [0.15, 0.2) is 0 Å². The Balaban J connectivity index is 0.00000220. The molecule has 1 N–H and O–H groups in total. The molecule has 0 fully saturated rings. The SMILES string of the molecule is Cc1cc2c(c(C)c1O)CCC(C)(CC[P+](C)(C)C)O2.[Br-]. The van der Waals surface area contributed by atoms with Crippen molar-refractivity contribution in [2.75, 3.05) is 26.2 Å². The summed E-state index contributed by atoms with van der Waals surface area (Å²) in [6.45, 7) is 13.3. The van der Waals surface area contributed by atoms with E-state index >= 15 is 0 Å². The highest BCUT2D eigenvalue weighted by Crippen LogP contribution is 2.49. The van der Waals surface area contributed by atoms with Crippen LogP contribution in [-0.4, -0.2) is 36.9 Å². The Kier molecular flexibility index (Phi) is 5.78. The number of hydrogen-bond acceptors (Lipinski definition) is 2. The van der Waals surface area contributed by atoms with Crippen LogP contribution < -0.4 is 21.7 Å². The summed E-state index contributed by atoms with van der Waals surface area (Å²) < 4.78 is 6.34. The van der Waals surface area contributed by atoms with Crippen molar-refractivity contribution in [1.29, 1.82) is 0 Å². The number of aryl methyl sites for hydroxylation is 1. The van der Waals surface area contributed by atoms with E-state index in [1.165, 1.54) is 11.7 Å². The van der Waals surface area contributed by atoms with Crippen molar-refractivity contribution < 1.29 is 26.8 Å². The fraction of sp³-hybridized carbons (Fsp3) is 0.647. The molecule has 1 aliphatic heterocycles. The third-order valence-electron chi connectivity index (χ3n) is 4.40. The van der Waals surface area contributed by atoms with Crippen LogP contribution in [0.1, 0.15) is 36.5 Å². The van der Waals surface area contributed by atoms with Crippen LogP contribution in [0.15, 0.2) is 6.07 Å². The summed E-state index contributed by atoms with van der Waals surface area (Å²) in [7, 11) is -0.756. The lowest BCUT2D eigenvalue weighted by Gasteiger charge is -2.37. The van der Waals surface area contributed by atoms with Gasteiger partial charge in [0, 0.05) is 39.2 Å². The Labute approximate surface area is 140 Å². The Morgan fingerprint density at radius 2 is 1.90 bits per heavy atom. The number of hydrogen-bond donors (Lipinski definition) is 1. The average molecular weight is 375 g/mol. The van der Waals surface area contributed by atoms with Crippen molar-refractivity contribution in [2.24, 2.45) is 0 Å². The number of phenolic OH excluding ortho intramolecular Hbond substituents is 1. The lowest BCUT2D eigenvalue weighted by Crippen LogP contribution is -3.00. The van der Waals surface area contributed by atoms with Crippen LogP contribution in [0.4, 0.5) is 0 Å². The van der Waals surface area contributed by atoms with E-state index < -0.39 is 7.26 Å². The fourth-order valence-corrected chi connectivity index (χ4v) is 3.98. The van der Waals surface area contributed by atoms with Crippen molar-refractivity contribution >= 4 is 7.26 Å². The maximum atomic E-state index is 10.1. The maximum Gasteiger partial charge on any atom is 0.124 e. The summed E-state index contributed by atoms with van der Waals surface area (Å²) in [5.74, 6) is 1.41. The highest BCUT2D eigenvalue weighted by molar-refractivity contribution is 7.73. The molecule has 0 saturated heterocycles. The molecule has 21 heavy (non-hydrogen) atoms. The summed E-state index contributed by atoms with van der Waals surface area (Å²) in [6, 6.07) is 2.00. The first kappa shape index (κ1) is 18.8. The Morgan fingerprint density at radius 1 is 1.29 bits per heavy atom. The summed E-state index contributed by atoms with van der Waals surface area (Å²) in [6.07, 6.45) is 4.45. The fourth-order valence-electron chi connectivity index (χ4n) is 2.83. The van der Waals surface area contributed by atoms with E-state index in [9.17, 15) is 5.11 Å². The highest BCUT2D eigenvalue weighted by Gasteiger charge is 2.35. The molecule has 4 heteroatoms. The third-order valence-corrected chi connectivity index (χ3v) is 5.96. The lowest BCUT2D eigenvalue weighted by molar-refractivity contribution is -0.0000102. The highest BCUT2D eigenvalue weighted by atomic mass is 79.9. The molecular weight excluding hydrogens is 347 g/mol. The second-order valence-corrected chi connectivity index (χ2v) is 12.5. The zero-order valence-corrected chi connectivity index (χ0v) is 16.6. The second kappa shape index (κ2) is 6.46. The van der Waals surface area contributed by atoms with E-state index in [1.807, 2.05) is 19.9 Å². The molecule has 1 aromatic carbocycles. The van der Waals surface area contributed by atoms with Gasteiger partial charge in [0.2, 0.25) is 0 Å². The first-order valence-corrected chi connectivity index (χ1v) is 10.7. The first-order valence-electron chi connectivity index (χ1n) is 7.43. The third kappa shape index (κ3) is 4.36. The molecule has 0 spiro atoms. The molecule has 0 aromatic heterocycles. The smallest absolute Gasteiger partial charge is 0.124 e. The van der Waals surface area contributed by atoms with E-state index in [0.717, 1.165) is 36.1 Å². The van der Waals surface area contributed by atoms with Crippen LogP contribution in [0.5, 0.6) is 11.5 Å². The molecule has 2 nitrogen and oxygen atoms in total. The van der Waals surface area contributed by atoms with E-state index in [-0.39, 0.29) is 22.6 Å². The van der Waals surface area contributed by atoms with Gasteiger partial charge in [0.05, 0.1) is 6.16 Å². The Hall–Kier alpha value is -0.270. The quantitative estimate of drug-likeness (QED) is 0.810. The van der Waals surface area contributed by atoms with Crippen LogP contribution in [0.3, 0.4) is 0 Å². The number of halogens is 1. The molecular formula is C17H28BrO2P. The summed E-state index contributed by atoms with van der Waals surface area (Å²) in [5, 5.41) is 10.1. The van der Waals surface area contributed by atoms with Gasteiger partial charge in [-0.3, -0.25) is 0 Å². The molecule has 1 atom stereocenters. The van der Waals surface area contributed by atoms with Gasteiger partial charge in [-0.05, 0) is 50.8 Å². The zero-order valence-electron chi connectivity index (χ0n) is 14.1. The summed E-state index contributed by atoms with van der Waals surface area (Å²) >= 11 is 0. The normalized spacial score (nSPS) is 21.2. The molecule has 0 radical (unpaired) electrons. The van der Waals surface area contributed by atoms with Gasteiger partial charge >= 0.3 is 0 Å². The molecule has 0 aliphatic carbocycles. The van der Waals surface area contributed by atoms with Crippen LogP contribution in [0.2, 0.25) is 0 Å². The number of rotatable bonds is 3. The number of fused-ring (bicyclic) bond motifs is 1. The van der Waals surface area contributed by atoms with Crippen LogP contribution in [-0.2, 0) is 6.42 Å². The number of ether oxygens (including phenoxy) is 1. The summed E-state index contributed by atoms with van der Waals surface area (Å²) in [5.41, 5.74) is 3.05. The molecule has 120 valence electrons. The standard InChI is InChI=1S/C17H27O2P.BrH/c1-12-11-15-14(13(2)16(12)18)7-8-17(3,19-15)9-10-20(4,5)6;/h11H,7-10H2,1-6H3;1H. The van der Waals surface area contributed by atoms with E-state index in [0.29, 0.717) is 5.75 Å². The Morgan fingerprint density at radius 3 is 2.48 bits per heavy atom. The second-order valence-electron chi connectivity index (χ2n) is 7.46. The van der Waals surface area contributed by atoms with Gasteiger partial charge in [-0.1, -0.05) is 0 Å². The lowest BCUT2D eigenvalue weighted by atomic mass is 9.88. The molecule has 1 unspecified atom stereocenters. The van der Waals surface area contributed by atoms with Crippen molar-refractivity contribution in [3.63, 3.8) is 0 Å². The monoisotopic (exact) mass is 374 g/mol. The Bertz CT molecular complexity index is 523. The van der Waals surface area contributed by atoms with Gasteiger partial charge in [0.1, 0.15) is 17.1 Å². The van der Waals surface area contributed by atoms with Crippen molar-refractivity contribution in [3.8, 4) is 11.5 Å². The molecule has 2 rings (SSSR count). The van der Waals surface area contributed by atoms with E-state index in [4.69, 9.17) is 4.74 Å². The topological polar surface area (TPSA) is 29.5 Å². The minimum Gasteiger partial charge on any atom is -1.00 e. The molecule has 1 aromatic rings. The minimum atomic E-state index is -0.756. The molecule has 0 bridgehead atoms. The number of aromatic hydroxyl groups is 1. The zero-order chi connectivity index (χ0) is 15.1. The van der Waals surface area contributed by atoms with Gasteiger partial charge in [-0.25, -0.2) is 0 Å². The van der Waals surface area contributed by atoms with Gasteiger partial charge < -0.3 is 26.8 Å². The first-order chi connectivity index (χ1) is 9.11. The van der Waals surface area contributed by atoms with Crippen LogP contribution >= 0.6 is 7.26 Å². The van der Waals surface area contributed by atoms with Crippen LogP contribution in [0.25, 0.3) is 0 Å². The maximum absolute atomic E-state index is 10.1. The average Bonchev–Trinajstić information content (AvgIpc) is 2.33. The molecule has 0 saturated carbocycles. The minimum absolute atomic E-state index is 0. The number of phenols is 1. The largest absolute Gasteiger partial charge is 1.00 e. The van der Waals surface area contributed by atoms with Crippen LogP contribution in [0, 0.1) is 13.8 Å². The van der Waals surface area contributed by atoms with Crippen molar-refractivity contribution in [1.82, 2.24) is 0 Å². The van der Waals surface area contributed by atoms with Gasteiger partial charge in [0.25, 0.3) is 0 Å². The predicted molar refractivity (Wildman–Crippen MR) is 89.1 cm³/mol. The summed E-state index contributed by atoms with van der Waals surface area (Å²) in [4.78, 5) is 0. The van der Waals surface area contributed by atoms with E-state index in [2.05, 4.69) is 26.9 Å².